The second-order valence-corrected chi connectivity index (χ2v) is 5.03. The molecule has 0 amide bonds. The summed E-state index contributed by atoms with van der Waals surface area (Å²) in [6, 6.07) is 9.26. The van der Waals surface area contributed by atoms with E-state index in [4.69, 9.17) is 5.11 Å². The molecule has 0 saturated carbocycles. The van der Waals surface area contributed by atoms with Gasteiger partial charge in [0.2, 0.25) is 0 Å². The summed E-state index contributed by atoms with van der Waals surface area (Å²) in [5.74, 6) is -2.06. The summed E-state index contributed by atoms with van der Waals surface area (Å²) in [7, 11) is 0. The average Bonchev–Trinajstić information content (AvgIpc) is 2.42. The highest BCUT2D eigenvalue weighted by atomic mass is 16.4. The Labute approximate surface area is 119 Å². The molecule has 2 unspecified atom stereocenters. The van der Waals surface area contributed by atoms with Crippen LogP contribution in [0.5, 0.6) is 0 Å². The minimum absolute atomic E-state index is 0.0451. The zero-order valence-electron chi connectivity index (χ0n) is 11.8. The van der Waals surface area contributed by atoms with Crippen LogP contribution in [-0.4, -0.2) is 22.2 Å². The predicted molar refractivity (Wildman–Crippen MR) is 76.7 cm³/mol. The van der Waals surface area contributed by atoms with Gasteiger partial charge in [-0.15, -0.1) is 0 Å². The van der Waals surface area contributed by atoms with Crippen molar-refractivity contribution in [3.05, 3.63) is 35.9 Å². The maximum atomic E-state index is 11.5. The molecule has 0 saturated heterocycles. The molecule has 1 aromatic carbocycles. The van der Waals surface area contributed by atoms with Crippen LogP contribution in [0.25, 0.3) is 0 Å². The number of carbonyl (C=O) groups is 2. The van der Waals surface area contributed by atoms with Crippen molar-refractivity contribution in [3.63, 3.8) is 0 Å². The van der Waals surface area contributed by atoms with Crippen LogP contribution >= 0.6 is 0 Å². The van der Waals surface area contributed by atoms with Crippen LogP contribution in [0.3, 0.4) is 0 Å². The first-order chi connectivity index (χ1) is 9.56. The lowest BCUT2D eigenvalue weighted by Gasteiger charge is -2.23. The minimum Gasteiger partial charge on any atom is -0.481 e. The van der Waals surface area contributed by atoms with Crippen LogP contribution in [0.4, 0.5) is 0 Å². The smallest absolute Gasteiger partial charge is 0.311 e. The molecule has 1 aromatic rings. The third-order valence-corrected chi connectivity index (χ3v) is 3.64. The fourth-order valence-corrected chi connectivity index (χ4v) is 2.57. The van der Waals surface area contributed by atoms with E-state index in [1.807, 2.05) is 37.3 Å². The zero-order chi connectivity index (χ0) is 15.0. The van der Waals surface area contributed by atoms with Gasteiger partial charge in [-0.2, -0.15) is 0 Å². The Morgan fingerprint density at radius 3 is 2.25 bits per heavy atom. The van der Waals surface area contributed by atoms with Crippen molar-refractivity contribution in [3.8, 4) is 0 Å². The highest BCUT2D eigenvalue weighted by Crippen LogP contribution is 2.31. The summed E-state index contributed by atoms with van der Waals surface area (Å²) in [6.07, 6.45) is 3.03. The second kappa shape index (κ2) is 8.35. The Morgan fingerprint density at radius 1 is 1.10 bits per heavy atom. The molecule has 0 heterocycles. The van der Waals surface area contributed by atoms with Crippen molar-refractivity contribution in [2.45, 2.75) is 44.9 Å². The van der Waals surface area contributed by atoms with Crippen LogP contribution in [0.15, 0.2) is 30.3 Å². The molecule has 4 heteroatoms. The fraction of sp³-hybridized carbons (Fsp3) is 0.500. The zero-order valence-corrected chi connectivity index (χ0v) is 11.8. The van der Waals surface area contributed by atoms with Gasteiger partial charge in [-0.05, 0) is 24.3 Å². The molecule has 0 radical (unpaired) electrons. The number of benzene rings is 1. The van der Waals surface area contributed by atoms with E-state index in [1.165, 1.54) is 0 Å². The predicted octanol–water partition coefficient (Wildman–Crippen LogP) is 3.53. The van der Waals surface area contributed by atoms with Crippen LogP contribution in [0.1, 0.15) is 50.5 Å². The average molecular weight is 278 g/mol. The van der Waals surface area contributed by atoms with Crippen LogP contribution in [0, 0.1) is 5.92 Å². The molecular formula is C16H22O4. The standard InChI is InChI=1S/C16H22O4/c1-2-12(8-6-7-11-14(17)18)15(16(19)20)13-9-4-3-5-10-13/h3-5,9-10,12,15H,2,6-8,11H2,1H3,(H,17,18)(H,19,20). The number of rotatable bonds is 9. The molecule has 1 rings (SSSR count). The van der Waals surface area contributed by atoms with Crippen LogP contribution in [0.2, 0.25) is 0 Å². The quantitative estimate of drug-likeness (QED) is 0.678. The van der Waals surface area contributed by atoms with E-state index in [9.17, 15) is 14.7 Å². The molecule has 110 valence electrons. The van der Waals surface area contributed by atoms with Gasteiger partial charge < -0.3 is 10.2 Å². The summed E-state index contributed by atoms with van der Waals surface area (Å²) < 4.78 is 0. The summed E-state index contributed by atoms with van der Waals surface area (Å²) in [4.78, 5) is 22.0. The summed E-state index contributed by atoms with van der Waals surface area (Å²) >= 11 is 0. The van der Waals surface area contributed by atoms with E-state index >= 15 is 0 Å². The van der Waals surface area contributed by atoms with Gasteiger partial charge in [0, 0.05) is 6.42 Å². The molecule has 0 aliphatic rings. The van der Waals surface area contributed by atoms with Gasteiger partial charge in [0.15, 0.2) is 0 Å². The van der Waals surface area contributed by atoms with Gasteiger partial charge >= 0.3 is 11.9 Å². The van der Waals surface area contributed by atoms with E-state index in [-0.39, 0.29) is 12.3 Å². The van der Waals surface area contributed by atoms with E-state index in [2.05, 4.69) is 0 Å². The van der Waals surface area contributed by atoms with Gasteiger partial charge in [-0.1, -0.05) is 50.1 Å². The molecule has 0 bridgehead atoms. The minimum atomic E-state index is -0.804. The SMILES string of the molecule is CCC(CCCCC(=O)O)C(C(=O)O)c1ccccc1. The maximum absolute atomic E-state index is 11.5. The molecule has 0 fully saturated rings. The van der Waals surface area contributed by atoms with Crippen molar-refractivity contribution >= 4 is 11.9 Å². The first-order valence-electron chi connectivity index (χ1n) is 7.05. The first kappa shape index (κ1) is 16.2. The Bertz CT molecular complexity index is 427. The molecule has 20 heavy (non-hydrogen) atoms. The number of aliphatic carboxylic acids is 2. The lowest BCUT2D eigenvalue weighted by molar-refractivity contribution is -0.140. The van der Waals surface area contributed by atoms with Gasteiger partial charge in [0.1, 0.15) is 0 Å². The van der Waals surface area contributed by atoms with E-state index in [0.29, 0.717) is 6.42 Å². The number of carboxylic acid groups (broad SMARTS) is 2. The molecular weight excluding hydrogens is 256 g/mol. The second-order valence-electron chi connectivity index (χ2n) is 5.03. The molecule has 0 spiro atoms. The third-order valence-electron chi connectivity index (χ3n) is 3.64. The van der Waals surface area contributed by atoms with Gasteiger partial charge in [-0.3, -0.25) is 9.59 Å². The number of hydrogen-bond donors (Lipinski definition) is 2. The summed E-state index contributed by atoms with van der Waals surface area (Å²) in [5.41, 5.74) is 0.824. The van der Waals surface area contributed by atoms with Crippen LogP contribution < -0.4 is 0 Å². The summed E-state index contributed by atoms with van der Waals surface area (Å²) in [6.45, 7) is 1.99. The highest BCUT2D eigenvalue weighted by Gasteiger charge is 2.27. The van der Waals surface area contributed by atoms with Crippen molar-refractivity contribution in [1.82, 2.24) is 0 Å². The highest BCUT2D eigenvalue weighted by molar-refractivity contribution is 5.76. The topological polar surface area (TPSA) is 74.6 Å². The number of hydrogen-bond acceptors (Lipinski definition) is 2. The van der Waals surface area contributed by atoms with Gasteiger partial charge in [0.25, 0.3) is 0 Å². The lowest BCUT2D eigenvalue weighted by atomic mass is 9.81. The molecule has 0 aliphatic heterocycles. The summed E-state index contributed by atoms with van der Waals surface area (Å²) in [5, 5.41) is 18.1. The maximum Gasteiger partial charge on any atom is 0.311 e. The monoisotopic (exact) mass is 278 g/mol. The lowest BCUT2D eigenvalue weighted by Crippen LogP contribution is -2.21. The van der Waals surface area contributed by atoms with Crippen molar-refractivity contribution in [1.29, 1.82) is 0 Å². The van der Waals surface area contributed by atoms with Gasteiger partial charge in [-0.25, -0.2) is 0 Å². The molecule has 0 aliphatic carbocycles. The van der Waals surface area contributed by atoms with Crippen molar-refractivity contribution < 1.29 is 19.8 Å². The van der Waals surface area contributed by atoms with E-state index < -0.39 is 17.9 Å². The normalized spacial score (nSPS) is 13.7. The van der Waals surface area contributed by atoms with Gasteiger partial charge in [0.05, 0.1) is 5.92 Å². The Hall–Kier alpha value is -1.84. The first-order valence-corrected chi connectivity index (χ1v) is 7.05. The molecule has 2 atom stereocenters. The van der Waals surface area contributed by atoms with E-state index in [1.54, 1.807) is 0 Å². The third kappa shape index (κ3) is 5.03. The largest absolute Gasteiger partial charge is 0.481 e. The number of carboxylic acids is 2. The Balaban J connectivity index is 2.68. The van der Waals surface area contributed by atoms with Crippen molar-refractivity contribution in [2.24, 2.45) is 5.92 Å². The molecule has 4 nitrogen and oxygen atoms in total. The Morgan fingerprint density at radius 2 is 1.75 bits per heavy atom. The fourth-order valence-electron chi connectivity index (χ4n) is 2.57. The van der Waals surface area contributed by atoms with Crippen LogP contribution in [-0.2, 0) is 9.59 Å². The molecule has 2 N–H and O–H groups in total. The Kier molecular flexibility index (Phi) is 6.77. The van der Waals surface area contributed by atoms with E-state index in [0.717, 1.165) is 24.8 Å². The van der Waals surface area contributed by atoms with Crippen molar-refractivity contribution in [2.75, 3.05) is 0 Å². The number of unbranched alkanes of at least 4 members (excludes halogenated alkanes) is 1. The molecule has 0 aromatic heterocycles.